The summed E-state index contributed by atoms with van der Waals surface area (Å²) in [4.78, 5) is 13.7. The second-order valence-electron chi connectivity index (χ2n) is 3.41. The van der Waals surface area contributed by atoms with Crippen LogP contribution in [0, 0.1) is 5.92 Å². The largest absolute Gasteiger partial charge is 0.247 e. The van der Waals surface area contributed by atoms with Gasteiger partial charge in [0.05, 0.1) is 6.04 Å². The number of hydrogen-bond acceptors (Lipinski definition) is 2. The van der Waals surface area contributed by atoms with E-state index in [0.29, 0.717) is 0 Å². The fourth-order valence-electron chi connectivity index (χ4n) is 1.90. The third-order valence-electron chi connectivity index (χ3n) is 2.59. The molecule has 3 heteroatoms. The average molecular weight is 171 g/mol. The third-order valence-corrected chi connectivity index (χ3v) is 2.59. The number of rotatable bonds is 2. The van der Waals surface area contributed by atoms with Crippen LogP contribution >= 0.6 is 0 Å². The van der Waals surface area contributed by atoms with Crippen molar-refractivity contribution in [3.63, 3.8) is 0 Å². The fourth-order valence-corrected chi connectivity index (χ4v) is 1.90. The van der Waals surface area contributed by atoms with Gasteiger partial charge in [0, 0.05) is 5.92 Å². The van der Waals surface area contributed by atoms with Gasteiger partial charge in [-0.15, -0.1) is 0 Å². The van der Waals surface area contributed by atoms with E-state index in [1.165, 1.54) is 6.08 Å². The Kier molecular flexibility index (Phi) is 3.42. The molecule has 0 bridgehead atoms. The molecular weight excluding hydrogens is 157 g/mol. The van der Waals surface area contributed by atoms with E-state index in [1.807, 2.05) is 0 Å². The lowest BCUT2D eigenvalue weighted by molar-refractivity contribution is 0.175. The molecule has 0 aromatic carbocycles. The first-order valence-electron chi connectivity index (χ1n) is 4.46. The second-order valence-corrected chi connectivity index (χ2v) is 3.41. The summed E-state index contributed by atoms with van der Waals surface area (Å²) < 4.78 is 13.0. The minimum atomic E-state index is -0.854. The zero-order chi connectivity index (χ0) is 8.97. The molecule has 1 rings (SSSR count). The van der Waals surface area contributed by atoms with Crippen LogP contribution < -0.4 is 0 Å². The van der Waals surface area contributed by atoms with E-state index in [0.717, 1.165) is 25.7 Å². The van der Waals surface area contributed by atoms with Crippen molar-refractivity contribution in [1.82, 2.24) is 0 Å². The first kappa shape index (κ1) is 9.40. The molecule has 0 N–H and O–H groups in total. The van der Waals surface area contributed by atoms with E-state index in [2.05, 4.69) is 4.99 Å². The van der Waals surface area contributed by atoms with Gasteiger partial charge in [-0.05, 0) is 19.8 Å². The Bertz CT molecular complexity index is 187. The standard InChI is InChI=1S/C9H14FNO/c1-7(10)8-4-2-3-5-9(8)11-6-12/h7-9H,2-5H2,1H3. The summed E-state index contributed by atoms with van der Waals surface area (Å²) in [5.74, 6) is -0.0554. The lowest BCUT2D eigenvalue weighted by Gasteiger charge is -2.28. The summed E-state index contributed by atoms with van der Waals surface area (Å²) >= 11 is 0. The number of alkyl halides is 1. The maximum Gasteiger partial charge on any atom is 0.235 e. The van der Waals surface area contributed by atoms with E-state index >= 15 is 0 Å². The van der Waals surface area contributed by atoms with Crippen molar-refractivity contribution in [2.24, 2.45) is 10.9 Å². The van der Waals surface area contributed by atoms with Crippen LogP contribution in [0.25, 0.3) is 0 Å². The predicted molar refractivity (Wildman–Crippen MR) is 44.4 cm³/mol. The minimum Gasteiger partial charge on any atom is -0.247 e. The lowest BCUT2D eigenvalue weighted by atomic mass is 9.82. The second kappa shape index (κ2) is 4.36. The van der Waals surface area contributed by atoms with Gasteiger partial charge < -0.3 is 0 Å². The zero-order valence-corrected chi connectivity index (χ0v) is 7.29. The highest BCUT2D eigenvalue weighted by molar-refractivity contribution is 5.33. The van der Waals surface area contributed by atoms with Gasteiger partial charge in [-0.2, -0.15) is 0 Å². The smallest absolute Gasteiger partial charge is 0.235 e. The quantitative estimate of drug-likeness (QED) is 0.462. The van der Waals surface area contributed by atoms with Gasteiger partial charge in [0.25, 0.3) is 0 Å². The molecule has 3 atom stereocenters. The van der Waals surface area contributed by atoms with Crippen LogP contribution in [0.3, 0.4) is 0 Å². The molecule has 0 saturated heterocycles. The van der Waals surface area contributed by atoms with Crippen molar-refractivity contribution < 1.29 is 9.18 Å². The van der Waals surface area contributed by atoms with Crippen molar-refractivity contribution in [2.75, 3.05) is 0 Å². The van der Waals surface area contributed by atoms with Crippen LogP contribution in [0.1, 0.15) is 32.6 Å². The summed E-state index contributed by atoms with van der Waals surface area (Å²) in [7, 11) is 0. The van der Waals surface area contributed by atoms with Crippen molar-refractivity contribution in [2.45, 2.75) is 44.8 Å². The highest BCUT2D eigenvalue weighted by Crippen LogP contribution is 2.30. The molecule has 1 fully saturated rings. The minimum absolute atomic E-state index is 0.0554. The molecule has 0 aromatic rings. The molecule has 68 valence electrons. The van der Waals surface area contributed by atoms with Gasteiger partial charge in [-0.3, -0.25) is 0 Å². The Morgan fingerprint density at radius 1 is 1.50 bits per heavy atom. The van der Waals surface area contributed by atoms with E-state index in [1.54, 1.807) is 6.92 Å². The molecule has 1 aliphatic rings. The summed E-state index contributed by atoms with van der Waals surface area (Å²) in [6.45, 7) is 1.54. The number of nitrogens with zero attached hydrogens (tertiary/aromatic N) is 1. The van der Waals surface area contributed by atoms with Gasteiger partial charge in [0.15, 0.2) is 0 Å². The molecule has 2 nitrogen and oxygen atoms in total. The van der Waals surface area contributed by atoms with E-state index < -0.39 is 6.17 Å². The van der Waals surface area contributed by atoms with E-state index in [-0.39, 0.29) is 12.0 Å². The monoisotopic (exact) mass is 171 g/mol. The number of aliphatic imine (C=N–C) groups is 1. The maximum atomic E-state index is 13.0. The number of carbonyl (C=O) groups excluding carboxylic acids is 1. The highest BCUT2D eigenvalue weighted by atomic mass is 19.1. The summed E-state index contributed by atoms with van der Waals surface area (Å²) in [5.41, 5.74) is 0. The van der Waals surface area contributed by atoms with E-state index in [4.69, 9.17) is 0 Å². The number of isocyanates is 1. The van der Waals surface area contributed by atoms with Crippen LogP contribution in [0.4, 0.5) is 4.39 Å². The van der Waals surface area contributed by atoms with Gasteiger partial charge in [0.1, 0.15) is 6.17 Å². The average Bonchev–Trinajstić information content (AvgIpc) is 2.05. The van der Waals surface area contributed by atoms with Gasteiger partial charge in [0.2, 0.25) is 6.08 Å². The Labute approximate surface area is 71.9 Å². The Morgan fingerprint density at radius 2 is 2.17 bits per heavy atom. The van der Waals surface area contributed by atoms with Crippen LogP contribution in [0.5, 0.6) is 0 Å². The predicted octanol–water partition coefficient (Wildman–Crippen LogP) is 2.24. The Hall–Kier alpha value is -0.690. The molecule has 0 aliphatic heterocycles. The van der Waals surface area contributed by atoms with Crippen LogP contribution in [-0.2, 0) is 4.79 Å². The highest BCUT2D eigenvalue weighted by Gasteiger charge is 2.29. The van der Waals surface area contributed by atoms with E-state index in [9.17, 15) is 9.18 Å². The maximum absolute atomic E-state index is 13.0. The summed E-state index contributed by atoms with van der Waals surface area (Å²) in [6, 6.07) is -0.115. The Balaban J connectivity index is 2.60. The van der Waals surface area contributed by atoms with Gasteiger partial charge >= 0.3 is 0 Å². The van der Waals surface area contributed by atoms with Crippen molar-refractivity contribution in [3.05, 3.63) is 0 Å². The van der Waals surface area contributed by atoms with Crippen LogP contribution in [0.15, 0.2) is 4.99 Å². The van der Waals surface area contributed by atoms with Crippen molar-refractivity contribution >= 4 is 6.08 Å². The molecule has 0 aromatic heterocycles. The molecule has 1 saturated carbocycles. The fraction of sp³-hybridized carbons (Fsp3) is 0.889. The molecule has 0 heterocycles. The number of halogens is 1. The topological polar surface area (TPSA) is 29.4 Å². The molecular formula is C9H14FNO. The molecule has 3 unspecified atom stereocenters. The molecule has 1 aliphatic carbocycles. The van der Waals surface area contributed by atoms with Gasteiger partial charge in [-0.1, -0.05) is 12.8 Å². The molecule has 0 radical (unpaired) electrons. The van der Waals surface area contributed by atoms with Gasteiger partial charge in [-0.25, -0.2) is 14.2 Å². The zero-order valence-electron chi connectivity index (χ0n) is 7.29. The van der Waals surface area contributed by atoms with Crippen LogP contribution in [0.2, 0.25) is 0 Å². The molecule has 0 amide bonds. The normalized spacial score (nSPS) is 32.2. The molecule has 12 heavy (non-hydrogen) atoms. The number of hydrogen-bond donors (Lipinski definition) is 0. The summed E-state index contributed by atoms with van der Waals surface area (Å²) in [5, 5.41) is 0. The Morgan fingerprint density at radius 3 is 2.75 bits per heavy atom. The lowest BCUT2D eigenvalue weighted by Crippen LogP contribution is -2.29. The SMILES string of the molecule is CC(F)C1CCCCC1N=C=O. The van der Waals surface area contributed by atoms with Crippen molar-refractivity contribution in [3.8, 4) is 0 Å². The first-order valence-corrected chi connectivity index (χ1v) is 4.46. The third kappa shape index (κ3) is 2.15. The molecule has 0 spiro atoms. The van der Waals surface area contributed by atoms with Crippen LogP contribution in [-0.4, -0.2) is 18.3 Å². The van der Waals surface area contributed by atoms with Crippen molar-refractivity contribution in [1.29, 1.82) is 0 Å². The summed E-state index contributed by atoms with van der Waals surface area (Å²) in [6.07, 6.45) is 4.49. The first-order chi connectivity index (χ1) is 5.75.